The second kappa shape index (κ2) is 9.09. The molecule has 0 unspecified atom stereocenters. The topological polar surface area (TPSA) is 110 Å². The molecule has 0 saturated carbocycles. The molecule has 1 aromatic carbocycles. The van der Waals surface area contributed by atoms with Crippen molar-refractivity contribution in [1.82, 2.24) is 9.62 Å². The van der Waals surface area contributed by atoms with E-state index < -0.39 is 14.9 Å². The summed E-state index contributed by atoms with van der Waals surface area (Å²) in [6.07, 6.45) is 2.39. The zero-order valence-electron chi connectivity index (χ0n) is 14.9. The zero-order valence-corrected chi connectivity index (χ0v) is 15.7. The molecule has 9 heteroatoms. The molecule has 0 radical (unpaired) electrons. The van der Waals surface area contributed by atoms with Crippen LogP contribution in [0.2, 0.25) is 0 Å². The maximum atomic E-state index is 12.3. The molecular weight excluding hydrogens is 358 g/mol. The zero-order chi connectivity index (χ0) is 19.2. The molecule has 2 rings (SSSR count). The molecule has 144 valence electrons. The number of unbranched alkanes of at least 4 members (excludes halogenated alkanes) is 1. The minimum absolute atomic E-state index is 0.0235. The lowest BCUT2D eigenvalue weighted by atomic mass is 9.97. The largest absolute Gasteiger partial charge is 0.352 e. The number of piperidine rings is 1. The monoisotopic (exact) mass is 383 g/mol. The van der Waals surface area contributed by atoms with Crippen LogP contribution in [0.4, 0.5) is 5.69 Å². The van der Waals surface area contributed by atoms with Crippen molar-refractivity contribution < 1.29 is 18.1 Å². The van der Waals surface area contributed by atoms with Gasteiger partial charge in [0.2, 0.25) is 15.9 Å². The number of para-hydroxylation sites is 1. The van der Waals surface area contributed by atoms with Gasteiger partial charge in [-0.3, -0.25) is 14.9 Å². The molecular formula is C17H25N3O5S. The average molecular weight is 383 g/mol. The number of hydrogen-bond acceptors (Lipinski definition) is 5. The smallest absolute Gasteiger partial charge is 0.274 e. The summed E-state index contributed by atoms with van der Waals surface area (Å²) >= 11 is 0. The molecule has 8 nitrogen and oxygen atoms in total. The van der Waals surface area contributed by atoms with Crippen molar-refractivity contribution in [2.45, 2.75) is 39.2 Å². The van der Waals surface area contributed by atoms with E-state index in [1.165, 1.54) is 10.4 Å². The van der Waals surface area contributed by atoms with E-state index in [4.69, 9.17) is 0 Å². The fraction of sp³-hybridized carbons (Fsp3) is 0.588. The Morgan fingerprint density at radius 2 is 1.96 bits per heavy atom. The molecule has 1 amide bonds. The Bertz CT molecular complexity index is 743. The third-order valence-corrected chi connectivity index (χ3v) is 6.57. The highest BCUT2D eigenvalue weighted by Crippen LogP contribution is 2.22. The number of benzene rings is 1. The van der Waals surface area contributed by atoms with E-state index in [1.54, 1.807) is 18.2 Å². The van der Waals surface area contributed by atoms with Crippen LogP contribution < -0.4 is 5.32 Å². The lowest BCUT2D eigenvalue weighted by Crippen LogP contribution is -2.43. The van der Waals surface area contributed by atoms with Crippen LogP contribution in [-0.4, -0.2) is 42.4 Å². The van der Waals surface area contributed by atoms with Crippen LogP contribution in [0, 0.1) is 16.0 Å². The number of nitrogens with zero attached hydrogens (tertiary/aromatic N) is 2. The van der Waals surface area contributed by atoms with E-state index in [1.807, 2.05) is 6.92 Å². The van der Waals surface area contributed by atoms with Gasteiger partial charge in [-0.1, -0.05) is 31.5 Å². The number of nitro benzene ring substituents is 1. The number of hydrogen-bond donors (Lipinski definition) is 1. The summed E-state index contributed by atoms with van der Waals surface area (Å²) < 4.78 is 25.9. The first-order chi connectivity index (χ1) is 12.3. The Hall–Kier alpha value is -2.00. The van der Waals surface area contributed by atoms with Crippen LogP contribution in [0.15, 0.2) is 24.3 Å². The second-order valence-corrected chi connectivity index (χ2v) is 8.53. The van der Waals surface area contributed by atoms with Gasteiger partial charge in [-0.25, -0.2) is 12.7 Å². The van der Waals surface area contributed by atoms with Gasteiger partial charge in [0, 0.05) is 37.2 Å². The maximum Gasteiger partial charge on any atom is 0.274 e. The van der Waals surface area contributed by atoms with E-state index in [0.717, 1.165) is 6.42 Å². The van der Waals surface area contributed by atoms with Gasteiger partial charge in [0.15, 0.2) is 0 Å². The number of rotatable bonds is 8. The predicted octanol–water partition coefficient (Wildman–Crippen LogP) is 2.05. The normalized spacial score (nSPS) is 16.3. The first-order valence-electron chi connectivity index (χ1n) is 8.83. The van der Waals surface area contributed by atoms with Crippen molar-refractivity contribution in [2.24, 2.45) is 5.92 Å². The Balaban J connectivity index is 1.87. The molecule has 1 aliphatic rings. The number of amides is 1. The molecule has 1 N–H and O–H groups in total. The van der Waals surface area contributed by atoms with Gasteiger partial charge in [-0.2, -0.15) is 0 Å². The Kier molecular flexibility index (Phi) is 7.10. The summed E-state index contributed by atoms with van der Waals surface area (Å²) in [5.41, 5.74) is 0.426. The highest BCUT2D eigenvalue weighted by atomic mass is 32.2. The van der Waals surface area contributed by atoms with Crippen LogP contribution >= 0.6 is 0 Å². The van der Waals surface area contributed by atoms with Crippen LogP contribution in [0.25, 0.3) is 0 Å². The first-order valence-corrected chi connectivity index (χ1v) is 10.4. The number of nitrogens with one attached hydrogen (secondary N) is 1. The summed E-state index contributed by atoms with van der Waals surface area (Å²) in [5, 5.41) is 13.7. The Labute approximate surface area is 153 Å². The molecule has 1 saturated heterocycles. The van der Waals surface area contributed by atoms with Gasteiger partial charge in [-0.05, 0) is 19.3 Å². The third-order valence-electron chi connectivity index (χ3n) is 4.62. The summed E-state index contributed by atoms with van der Waals surface area (Å²) in [7, 11) is -3.24. The predicted molar refractivity (Wildman–Crippen MR) is 97.9 cm³/mol. The Morgan fingerprint density at radius 3 is 2.58 bits per heavy atom. The maximum absolute atomic E-state index is 12.3. The number of sulfonamides is 1. The van der Waals surface area contributed by atoms with E-state index in [2.05, 4.69) is 5.32 Å². The minimum atomic E-state index is -3.24. The lowest BCUT2D eigenvalue weighted by molar-refractivity contribution is -0.385. The van der Waals surface area contributed by atoms with Crippen molar-refractivity contribution in [3.05, 3.63) is 39.9 Å². The molecule has 1 aromatic rings. The van der Waals surface area contributed by atoms with Gasteiger partial charge in [0.25, 0.3) is 5.69 Å². The molecule has 0 aromatic heterocycles. The van der Waals surface area contributed by atoms with E-state index in [-0.39, 0.29) is 29.8 Å². The molecule has 26 heavy (non-hydrogen) atoms. The molecule has 0 spiro atoms. The fourth-order valence-electron chi connectivity index (χ4n) is 3.02. The number of carbonyl (C=O) groups excluding carboxylic acids is 1. The van der Waals surface area contributed by atoms with Crippen LogP contribution in [0.1, 0.15) is 38.2 Å². The quantitative estimate of drug-likeness (QED) is 0.546. The Morgan fingerprint density at radius 1 is 1.31 bits per heavy atom. The average Bonchev–Trinajstić information content (AvgIpc) is 2.64. The molecule has 0 atom stereocenters. The first kappa shape index (κ1) is 20.3. The van der Waals surface area contributed by atoms with Crippen LogP contribution in [-0.2, 0) is 21.4 Å². The van der Waals surface area contributed by atoms with Gasteiger partial charge < -0.3 is 5.32 Å². The van der Waals surface area contributed by atoms with E-state index in [9.17, 15) is 23.3 Å². The molecule has 1 aliphatic heterocycles. The number of carbonyl (C=O) groups is 1. The van der Waals surface area contributed by atoms with Gasteiger partial charge in [-0.15, -0.1) is 0 Å². The van der Waals surface area contributed by atoms with Crippen molar-refractivity contribution >= 4 is 21.6 Å². The summed E-state index contributed by atoms with van der Waals surface area (Å²) in [6, 6.07) is 6.29. The highest BCUT2D eigenvalue weighted by molar-refractivity contribution is 7.89. The lowest BCUT2D eigenvalue weighted by Gasteiger charge is -2.30. The summed E-state index contributed by atoms with van der Waals surface area (Å²) in [6.45, 7) is 2.72. The third kappa shape index (κ3) is 5.25. The summed E-state index contributed by atoms with van der Waals surface area (Å²) in [4.78, 5) is 22.9. The van der Waals surface area contributed by atoms with Crippen LogP contribution in [0.3, 0.4) is 0 Å². The molecule has 0 aliphatic carbocycles. The summed E-state index contributed by atoms with van der Waals surface area (Å²) in [5.74, 6) is -0.304. The van der Waals surface area contributed by atoms with E-state index in [0.29, 0.717) is 37.9 Å². The SMILES string of the molecule is CCCCS(=O)(=O)N1CCC(C(=O)NCc2ccccc2[N+](=O)[O-])CC1. The van der Waals surface area contributed by atoms with Gasteiger partial charge in [0.05, 0.1) is 10.7 Å². The van der Waals surface area contributed by atoms with Gasteiger partial charge in [0.1, 0.15) is 0 Å². The highest BCUT2D eigenvalue weighted by Gasteiger charge is 2.30. The fourth-order valence-corrected chi connectivity index (χ4v) is 4.70. The molecule has 1 fully saturated rings. The standard InChI is InChI=1S/C17H25N3O5S/c1-2-3-12-26(24,25)19-10-8-14(9-11-19)17(21)18-13-15-6-4-5-7-16(15)20(22)23/h4-7,14H,2-3,8-13H2,1H3,(H,18,21). The van der Waals surface area contributed by atoms with Crippen molar-refractivity contribution in [3.8, 4) is 0 Å². The van der Waals surface area contributed by atoms with Gasteiger partial charge >= 0.3 is 0 Å². The second-order valence-electron chi connectivity index (χ2n) is 6.45. The van der Waals surface area contributed by atoms with Crippen LogP contribution in [0.5, 0.6) is 0 Å². The molecule has 0 bridgehead atoms. The van der Waals surface area contributed by atoms with E-state index >= 15 is 0 Å². The van der Waals surface area contributed by atoms with Crippen molar-refractivity contribution in [1.29, 1.82) is 0 Å². The minimum Gasteiger partial charge on any atom is -0.352 e. The molecule has 1 heterocycles. The number of nitro groups is 1. The van der Waals surface area contributed by atoms with Crippen molar-refractivity contribution in [3.63, 3.8) is 0 Å². The van der Waals surface area contributed by atoms with Crippen molar-refractivity contribution in [2.75, 3.05) is 18.8 Å².